The number of sulfonamides is 2. The number of hydrogen-bond acceptors (Lipinski definition) is 4. The molecule has 0 saturated carbocycles. The average molecular weight is 360 g/mol. The van der Waals surface area contributed by atoms with Crippen molar-refractivity contribution in [3.63, 3.8) is 0 Å². The molecule has 0 atom stereocenters. The molecular weight excluding hydrogens is 346 g/mol. The van der Waals surface area contributed by atoms with Crippen LogP contribution < -0.4 is 0 Å². The lowest BCUT2D eigenvalue weighted by atomic mass is 10.2. The van der Waals surface area contributed by atoms with Crippen LogP contribution in [0.2, 0.25) is 0 Å². The molecule has 2 aromatic carbocycles. The van der Waals surface area contributed by atoms with E-state index in [1.54, 1.807) is 38.1 Å². The van der Waals surface area contributed by atoms with Crippen LogP contribution >= 0.6 is 11.8 Å². The first-order chi connectivity index (χ1) is 10.2. The Balaban J connectivity index is 2.59. The maximum Gasteiger partial charge on any atom is 0.270 e. The van der Waals surface area contributed by atoms with Gasteiger partial charge in [0.1, 0.15) is 0 Å². The molecule has 8 heteroatoms. The van der Waals surface area contributed by atoms with Crippen LogP contribution in [0.1, 0.15) is 11.1 Å². The molecule has 0 aliphatic carbocycles. The first-order valence-corrected chi connectivity index (χ1v) is 9.48. The highest BCUT2D eigenvalue weighted by atomic mass is 35.5. The highest BCUT2D eigenvalue weighted by Gasteiger charge is 2.37. The Hall–Kier alpha value is -1.41. The second-order valence-electron chi connectivity index (χ2n) is 4.69. The van der Waals surface area contributed by atoms with Crippen molar-refractivity contribution in [1.29, 1.82) is 0 Å². The van der Waals surface area contributed by atoms with E-state index >= 15 is 0 Å². The van der Waals surface area contributed by atoms with Crippen molar-refractivity contribution in [2.75, 3.05) is 0 Å². The predicted octanol–water partition coefficient (Wildman–Crippen LogP) is 2.84. The maximum atomic E-state index is 12.5. The van der Waals surface area contributed by atoms with Crippen molar-refractivity contribution in [2.24, 2.45) is 0 Å². The fourth-order valence-electron chi connectivity index (χ4n) is 1.98. The van der Waals surface area contributed by atoms with Crippen LogP contribution in [-0.2, 0) is 20.0 Å². The van der Waals surface area contributed by atoms with Gasteiger partial charge in [-0.25, -0.2) is 16.8 Å². The predicted molar refractivity (Wildman–Crippen MR) is 84.4 cm³/mol. The van der Waals surface area contributed by atoms with Gasteiger partial charge in [-0.15, -0.1) is 0 Å². The summed E-state index contributed by atoms with van der Waals surface area (Å²) in [6.45, 7) is 3.13. The average Bonchev–Trinajstić information content (AvgIpc) is 2.47. The van der Waals surface area contributed by atoms with Gasteiger partial charge in [-0.05, 0) is 37.1 Å². The summed E-state index contributed by atoms with van der Waals surface area (Å²) in [5.74, 6) is 0. The van der Waals surface area contributed by atoms with E-state index in [2.05, 4.69) is 0 Å². The summed E-state index contributed by atoms with van der Waals surface area (Å²) in [5, 5.41) is 0. The molecule has 0 radical (unpaired) electrons. The molecule has 0 heterocycles. The van der Waals surface area contributed by atoms with Crippen LogP contribution in [0.3, 0.4) is 0 Å². The van der Waals surface area contributed by atoms with E-state index in [0.29, 0.717) is 11.1 Å². The van der Waals surface area contributed by atoms with Gasteiger partial charge in [0.05, 0.1) is 9.79 Å². The number of nitrogens with zero attached hydrogens (tertiary/aromatic N) is 1. The molecule has 0 aliphatic rings. The highest BCUT2D eigenvalue weighted by Crippen LogP contribution is 2.29. The van der Waals surface area contributed by atoms with Gasteiger partial charge in [-0.3, -0.25) is 0 Å². The lowest BCUT2D eigenvalue weighted by molar-refractivity contribution is 0.551. The largest absolute Gasteiger partial charge is 0.270 e. The van der Waals surface area contributed by atoms with Crippen molar-refractivity contribution >= 4 is 31.8 Å². The van der Waals surface area contributed by atoms with Crippen molar-refractivity contribution in [3.8, 4) is 0 Å². The van der Waals surface area contributed by atoms with Gasteiger partial charge < -0.3 is 0 Å². The van der Waals surface area contributed by atoms with Gasteiger partial charge in [-0.2, -0.15) is 0 Å². The molecule has 0 aromatic heterocycles. The van der Waals surface area contributed by atoms with Crippen molar-refractivity contribution < 1.29 is 16.8 Å². The minimum Gasteiger partial charge on any atom is -0.205 e. The molecule has 0 bridgehead atoms. The second kappa shape index (κ2) is 6.00. The van der Waals surface area contributed by atoms with Crippen LogP contribution in [0.4, 0.5) is 0 Å². The van der Waals surface area contributed by atoms with Crippen molar-refractivity contribution in [2.45, 2.75) is 23.6 Å². The fourth-order valence-corrected chi connectivity index (χ4v) is 5.70. The molecule has 0 unspecified atom stereocenters. The lowest BCUT2D eigenvalue weighted by Crippen LogP contribution is -2.29. The molecular formula is C14H14ClNO4S2. The van der Waals surface area contributed by atoms with Crippen LogP contribution in [0, 0.1) is 13.8 Å². The van der Waals surface area contributed by atoms with Crippen molar-refractivity contribution in [1.82, 2.24) is 3.23 Å². The van der Waals surface area contributed by atoms with Crippen LogP contribution in [0.25, 0.3) is 0 Å². The molecule has 2 aromatic rings. The molecule has 0 fully saturated rings. The quantitative estimate of drug-likeness (QED) is 0.787. The molecule has 5 nitrogen and oxygen atoms in total. The Morgan fingerprint density at radius 2 is 1.05 bits per heavy atom. The summed E-state index contributed by atoms with van der Waals surface area (Å²) >= 11 is 5.73. The first kappa shape index (κ1) is 17.0. The molecule has 118 valence electrons. The summed E-state index contributed by atoms with van der Waals surface area (Å²) in [5.41, 5.74) is 0.821. The Bertz CT molecular complexity index is 832. The van der Waals surface area contributed by atoms with Gasteiger partial charge in [0.2, 0.25) is 0 Å². The van der Waals surface area contributed by atoms with E-state index in [-0.39, 0.29) is 13.0 Å². The molecule has 0 saturated heterocycles. The zero-order chi connectivity index (χ0) is 16.5. The smallest absolute Gasteiger partial charge is 0.205 e. The fraction of sp³-hybridized carbons (Fsp3) is 0.143. The van der Waals surface area contributed by atoms with E-state index in [1.807, 2.05) is 0 Å². The Labute approximate surface area is 135 Å². The SMILES string of the molecule is Cc1ccccc1S(=O)(=O)N(Cl)S(=O)(=O)c1ccccc1C. The van der Waals surface area contributed by atoms with E-state index < -0.39 is 20.0 Å². The van der Waals surface area contributed by atoms with E-state index in [9.17, 15) is 16.8 Å². The highest BCUT2D eigenvalue weighted by molar-refractivity contribution is 8.05. The number of hydrogen-bond donors (Lipinski definition) is 0. The molecule has 0 spiro atoms. The van der Waals surface area contributed by atoms with Crippen LogP contribution in [0.15, 0.2) is 58.3 Å². The third-order valence-corrected chi connectivity index (χ3v) is 8.17. The Morgan fingerprint density at radius 3 is 1.36 bits per heavy atom. The summed E-state index contributed by atoms with van der Waals surface area (Å²) in [6.07, 6.45) is 0. The van der Waals surface area contributed by atoms with Gasteiger partial charge in [0.25, 0.3) is 20.0 Å². The van der Waals surface area contributed by atoms with Gasteiger partial charge in [0, 0.05) is 15.0 Å². The van der Waals surface area contributed by atoms with E-state index in [0.717, 1.165) is 0 Å². The number of rotatable bonds is 4. The molecule has 2 rings (SSSR count). The third-order valence-electron chi connectivity index (χ3n) is 3.12. The minimum atomic E-state index is -4.38. The first-order valence-electron chi connectivity index (χ1n) is 6.26. The summed E-state index contributed by atoms with van der Waals surface area (Å²) in [6, 6.07) is 12.1. The topological polar surface area (TPSA) is 71.5 Å². The minimum absolute atomic E-state index is 0.0926. The number of aryl methyl sites for hydroxylation is 2. The van der Waals surface area contributed by atoms with E-state index in [1.165, 1.54) is 24.3 Å². The van der Waals surface area contributed by atoms with Crippen LogP contribution in [-0.4, -0.2) is 20.1 Å². The molecule has 0 amide bonds. The number of benzene rings is 2. The van der Waals surface area contributed by atoms with Gasteiger partial charge in [0.15, 0.2) is 0 Å². The molecule has 0 aliphatic heterocycles. The summed E-state index contributed by atoms with van der Waals surface area (Å²) in [4.78, 5) is -0.302. The second-order valence-corrected chi connectivity index (χ2v) is 9.17. The van der Waals surface area contributed by atoms with Crippen molar-refractivity contribution in [3.05, 3.63) is 59.7 Å². The van der Waals surface area contributed by atoms with E-state index in [4.69, 9.17) is 11.8 Å². The normalized spacial score (nSPS) is 12.5. The number of halogens is 1. The molecule has 0 N–H and O–H groups in total. The van der Waals surface area contributed by atoms with Crippen LogP contribution in [0.5, 0.6) is 0 Å². The standard InChI is InChI=1S/C14H14ClNO4S2/c1-11-7-3-5-9-13(11)21(17,18)16(15)22(19,20)14-10-6-4-8-12(14)2/h3-10H,1-2H3. The van der Waals surface area contributed by atoms with Gasteiger partial charge in [-0.1, -0.05) is 36.4 Å². The Morgan fingerprint density at radius 1 is 0.727 bits per heavy atom. The third kappa shape index (κ3) is 2.89. The maximum absolute atomic E-state index is 12.5. The zero-order valence-electron chi connectivity index (χ0n) is 11.9. The zero-order valence-corrected chi connectivity index (χ0v) is 14.3. The molecule has 22 heavy (non-hydrogen) atoms. The van der Waals surface area contributed by atoms with Gasteiger partial charge >= 0.3 is 0 Å². The summed E-state index contributed by atoms with van der Waals surface area (Å²) < 4.78 is 49.9. The lowest BCUT2D eigenvalue weighted by Gasteiger charge is -2.17. The monoisotopic (exact) mass is 359 g/mol. The summed E-state index contributed by atoms with van der Waals surface area (Å²) in [7, 11) is -8.76. The Kier molecular flexibility index (Phi) is 4.62.